The molecule has 0 radical (unpaired) electrons. The van der Waals surface area contributed by atoms with Crippen LogP contribution in [0.15, 0.2) is 47.5 Å². The predicted octanol–water partition coefficient (Wildman–Crippen LogP) is 2.45. The van der Waals surface area contributed by atoms with Crippen LogP contribution in [0.2, 0.25) is 0 Å². The smallest absolute Gasteiger partial charge is 0.263 e. The van der Waals surface area contributed by atoms with Crippen LogP contribution in [0.4, 0.5) is 11.5 Å². The number of rotatable bonds is 4. The molecule has 110 valence electrons. The average molecular weight is 417 g/mol. The summed E-state index contributed by atoms with van der Waals surface area (Å²) in [7, 11) is -3.70. The third kappa shape index (κ3) is 4.39. The molecule has 0 aliphatic carbocycles. The van der Waals surface area contributed by atoms with Crippen LogP contribution in [0.5, 0.6) is 0 Å². The van der Waals surface area contributed by atoms with Gasteiger partial charge in [0.05, 0.1) is 4.90 Å². The van der Waals surface area contributed by atoms with Crippen molar-refractivity contribution in [3.05, 3.63) is 46.2 Å². The van der Waals surface area contributed by atoms with Gasteiger partial charge in [-0.3, -0.25) is 9.52 Å². The van der Waals surface area contributed by atoms with E-state index in [4.69, 9.17) is 0 Å². The molecular formula is C13H12IN3O3S. The molecule has 0 spiro atoms. The van der Waals surface area contributed by atoms with Crippen molar-refractivity contribution in [3.63, 3.8) is 0 Å². The van der Waals surface area contributed by atoms with Gasteiger partial charge < -0.3 is 5.32 Å². The van der Waals surface area contributed by atoms with E-state index in [2.05, 4.69) is 37.6 Å². The van der Waals surface area contributed by atoms with Crippen LogP contribution in [-0.4, -0.2) is 19.3 Å². The Morgan fingerprint density at radius 3 is 2.33 bits per heavy atom. The average Bonchev–Trinajstić information content (AvgIpc) is 2.41. The minimum atomic E-state index is -3.70. The Hall–Kier alpha value is -1.68. The molecule has 2 rings (SSSR count). The lowest BCUT2D eigenvalue weighted by molar-refractivity contribution is -0.114. The van der Waals surface area contributed by atoms with Crippen LogP contribution in [0.3, 0.4) is 0 Å². The maximum Gasteiger partial charge on any atom is 0.263 e. The second kappa shape index (κ2) is 6.39. The number of nitrogens with one attached hydrogen (secondary N) is 2. The molecule has 1 heterocycles. The first kappa shape index (κ1) is 15.7. The first-order valence-electron chi connectivity index (χ1n) is 5.89. The third-order valence-electron chi connectivity index (χ3n) is 2.45. The standard InChI is InChI=1S/C13H12IN3O3S/c1-9(18)16-11-3-5-12(6-4-11)21(19,20)17-13-7-2-10(14)8-15-13/h2-8H,1H3,(H,15,17)(H,16,18). The number of benzene rings is 1. The van der Waals surface area contributed by atoms with Gasteiger partial charge in [-0.1, -0.05) is 0 Å². The van der Waals surface area contributed by atoms with Crippen molar-refractivity contribution in [3.8, 4) is 0 Å². The van der Waals surface area contributed by atoms with E-state index in [1.54, 1.807) is 18.3 Å². The van der Waals surface area contributed by atoms with Gasteiger partial charge in [-0.15, -0.1) is 0 Å². The number of aromatic nitrogens is 1. The molecule has 21 heavy (non-hydrogen) atoms. The molecule has 1 amide bonds. The first-order valence-corrected chi connectivity index (χ1v) is 8.45. The molecule has 6 nitrogen and oxygen atoms in total. The quantitative estimate of drug-likeness (QED) is 0.749. The highest BCUT2D eigenvalue weighted by Crippen LogP contribution is 2.17. The maximum atomic E-state index is 12.2. The van der Waals surface area contributed by atoms with E-state index in [0.29, 0.717) is 5.69 Å². The molecule has 0 aliphatic rings. The molecule has 0 bridgehead atoms. The van der Waals surface area contributed by atoms with E-state index in [1.165, 1.54) is 31.2 Å². The molecule has 0 fully saturated rings. The summed E-state index contributed by atoms with van der Waals surface area (Å²) in [5.74, 6) is 0.0353. The lowest BCUT2D eigenvalue weighted by Crippen LogP contribution is -2.14. The van der Waals surface area contributed by atoms with Crippen LogP contribution in [0, 0.1) is 3.57 Å². The Morgan fingerprint density at radius 1 is 1.14 bits per heavy atom. The van der Waals surface area contributed by atoms with Gasteiger partial charge in [0.15, 0.2) is 0 Å². The van der Waals surface area contributed by atoms with E-state index < -0.39 is 10.0 Å². The molecule has 0 saturated heterocycles. The number of pyridine rings is 1. The number of sulfonamides is 1. The zero-order valence-electron chi connectivity index (χ0n) is 11.0. The van der Waals surface area contributed by atoms with Crippen molar-refractivity contribution in [2.75, 3.05) is 10.0 Å². The predicted molar refractivity (Wildman–Crippen MR) is 88.5 cm³/mol. The monoisotopic (exact) mass is 417 g/mol. The summed E-state index contributed by atoms with van der Waals surface area (Å²) in [6.07, 6.45) is 1.57. The van der Waals surface area contributed by atoms with Crippen LogP contribution in [0.25, 0.3) is 0 Å². The molecule has 0 unspecified atom stereocenters. The van der Waals surface area contributed by atoms with Crippen molar-refractivity contribution < 1.29 is 13.2 Å². The minimum absolute atomic E-state index is 0.0944. The van der Waals surface area contributed by atoms with Gasteiger partial charge in [-0.25, -0.2) is 13.4 Å². The number of amides is 1. The van der Waals surface area contributed by atoms with Gasteiger partial charge in [-0.05, 0) is 59.0 Å². The van der Waals surface area contributed by atoms with Crippen LogP contribution in [0.1, 0.15) is 6.92 Å². The lowest BCUT2D eigenvalue weighted by Gasteiger charge is -2.08. The molecule has 8 heteroatoms. The number of halogens is 1. The van der Waals surface area contributed by atoms with E-state index in [9.17, 15) is 13.2 Å². The summed E-state index contributed by atoms with van der Waals surface area (Å²) in [6, 6.07) is 9.23. The number of anilines is 2. The number of hydrogen-bond donors (Lipinski definition) is 2. The van der Waals surface area contributed by atoms with Crippen molar-refractivity contribution in [2.24, 2.45) is 0 Å². The summed E-state index contributed by atoms with van der Waals surface area (Å²) in [5.41, 5.74) is 0.536. The second-order valence-corrected chi connectivity index (χ2v) is 7.10. The van der Waals surface area contributed by atoms with E-state index >= 15 is 0 Å². The summed E-state index contributed by atoms with van der Waals surface area (Å²) >= 11 is 2.08. The van der Waals surface area contributed by atoms with E-state index in [1.807, 2.05) is 0 Å². The second-order valence-electron chi connectivity index (χ2n) is 4.17. The van der Waals surface area contributed by atoms with Crippen molar-refractivity contribution in [1.29, 1.82) is 0 Å². The molecule has 0 atom stereocenters. The highest BCUT2D eigenvalue weighted by molar-refractivity contribution is 14.1. The van der Waals surface area contributed by atoms with Crippen LogP contribution < -0.4 is 10.0 Å². The molecule has 2 aromatic rings. The fraction of sp³-hybridized carbons (Fsp3) is 0.0769. The SMILES string of the molecule is CC(=O)Nc1ccc(S(=O)(=O)Nc2ccc(I)cn2)cc1. The van der Waals surface area contributed by atoms with Crippen molar-refractivity contribution in [2.45, 2.75) is 11.8 Å². The number of carbonyl (C=O) groups excluding carboxylic acids is 1. The molecule has 0 aliphatic heterocycles. The van der Waals surface area contributed by atoms with Crippen molar-refractivity contribution in [1.82, 2.24) is 4.98 Å². The zero-order valence-corrected chi connectivity index (χ0v) is 14.0. The third-order valence-corrected chi connectivity index (χ3v) is 4.46. The fourth-order valence-electron chi connectivity index (χ4n) is 1.55. The molecule has 1 aromatic heterocycles. The van der Waals surface area contributed by atoms with Gasteiger partial charge in [0, 0.05) is 22.4 Å². The molecule has 0 saturated carbocycles. The highest BCUT2D eigenvalue weighted by atomic mass is 127. The van der Waals surface area contributed by atoms with Crippen molar-refractivity contribution >= 4 is 50.0 Å². The number of nitrogens with zero attached hydrogens (tertiary/aromatic N) is 1. The van der Waals surface area contributed by atoms with Gasteiger partial charge in [0.1, 0.15) is 5.82 Å². The summed E-state index contributed by atoms with van der Waals surface area (Å²) in [4.78, 5) is 15.0. The maximum absolute atomic E-state index is 12.2. The van der Waals surface area contributed by atoms with Crippen LogP contribution in [-0.2, 0) is 14.8 Å². The van der Waals surface area contributed by atoms with Gasteiger partial charge >= 0.3 is 0 Å². The molecule has 1 aromatic carbocycles. The van der Waals surface area contributed by atoms with Crippen LogP contribution >= 0.6 is 22.6 Å². The van der Waals surface area contributed by atoms with E-state index in [-0.39, 0.29) is 16.6 Å². The topological polar surface area (TPSA) is 88.2 Å². The highest BCUT2D eigenvalue weighted by Gasteiger charge is 2.14. The Labute approximate surface area is 136 Å². The lowest BCUT2D eigenvalue weighted by atomic mass is 10.3. The zero-order chi connectivity index (χ0) is 15.5. The summed E-state index contributed by atoms with van der Waals surface area (Å²) in [5, 5.41) is 2.57. The summed E-state index contributed by atoms with van der Waals surface area (Å²) in [6.45, 7) is 1.38. The number of carbonyl (C=O) groups is 1. The Morgan fingerprint density at radius 2 is 1.81 bits per heavy atom. The minimum Gasteiger partial charge on any atom is -0.326 e. The summed E-state index contributed by atoms with van der Waals surface area (Å²) < 4.78 is 27.7. The first-order chi connectivity index (χ1) is 9.87. The van der Waals surface area contributed by atoms with Gasteiger partial charge in [-0.2, -0.15) is 0 Å². The fourth-order valence-corrected chi connectivity index (χ4v) is 2.88. The molecular weight excluding hydrogens is 405 g/mol. The Bertz CT molecular complexity index is 743. The normalized spacial score (nSPS) is 11.0. The molecule has 2 N–H and O–H groups in total. The van der Waals surface area contributed by atoms with E-state index in [0.717, 1.165) is 3.57 Å². The van der Waals surface area contributed by atoms with Gasteiger partial charge in [0.2, 0.25) is 5.91 Å². The Balaban J connectivity index is 2.19. The van der Waals surface area contributed by atoms with Gasteiger partial charge in [0.25, 0.3) is 10.0 Å². The number of hydrogen-bond acceptors (Lipinski definition) is 4. The Kier molecular flexibility index (Phi) is 4.78. The largest absolute Gasteiger partial charge is 0.326 e.